The van der Waals surface area contributed by atoms with Crippen molar-refractivity contribution in [3.63, 3.8) is 0 Å². The second-order valence-electron chi connectivity index (χ2n) is 5.86. The zero-order chi connectivity index (χ0) is 18.7. The Morgan fingerprint density at radius 3 is 2.68 bits per heavy atom. The van der Waals surface area contributed by atoms with E-state index in [2.05, 4.69) is 25.6 Å². The Labute approximate surface area is 182 Å². The maximum absolute atomic E-state index is 5.68. The van der Waals surface area contributed by atoms with Gasteiger partial charge >= 0.3 is 0 Å². The molecule has 0 radical (unpaired) electrons. The number of hydrogen-bond donors (Lipinski definition) is 2. The molecule has 3 rings (SSSR count). The van der Waals surface area contributed by atoms with E-state index in [-0.39, 0.29) is 24.0 Å². The van der Waals surface area contributed by atoms with Crippen molar-refractivity contribution in [2.45, 2.75) is 13.0 Å². The second-order valence-corrected chi connectivity index (χ2v) is 5.86. The third kappa shape index (κ3) is 6.84. The Morgan fingerprint density at radius 1 is 1.14 bits per heavy atom. The van der Waals surface area contributed by atoms with Crippen LogP contribution in [0.25, 0.3) is 5.82 Å². The first kappa shape index (κ1) is 21.7. The van der Waals surface area contributed by atoms with Crippen LogP contribution in [0.5, 0.6) is 5.75 Å². The van der Waals surface area contributed by atoms with Crippen molar-refractivity contribution in [2.24, 2.45) is 4.99 Å². The number of pyridine rings is 1. The van der Waals surface area contributed by atoms with Crippen LogP contribution in [0.2, 0.25) is 0 Å². The summed E-state index contributed by atoms with van der Waals surface area (Å²) < 4.78 is 7.55. The fourth-order valence-electron chi connectivity index (χ4n) is 2.46. The number of guanidine groups is 1. The van der Waals surface area contributed by atoms with Gasteiger partial charge in [0, 0.05) is 38.7 Å². The molecule has 2 heterocycles. The smallest absolute Gasteiger partial charge is 0.191 e. The molecule has 0 spiro atoms. The van der Waals surface area contributed by atoms with Crippen molar-refractivity contribution in [2.75, 3.05) is 20.2 Å². The predicted octanol–water partition coefficient (Wildman–Crippen LogP) is 3.02. The van der Waals surface area contributed by atoms with E-state index in [1.54, 1.807) is 19.6 Å². The summed E-state index contributed by atoms with van der Waals surface area (Å²) in [5.41, 5.74) is 1.08. The Bertz CT molecular complexity index is 822. The highest BCUT2D eigenvalue weighted by molar-refractivity contribution is 14.0. The fraction of sp³-hybridized carbons (Fsp3) is 0.250. The van der Waals surface area contributed by atoms with E-state index in [0.29, 0.717) is 13.2 Å². The second kappa shape index (κ2) is 12.0. The molecule has 0 aliphatic heterocycles. The van der Waals surface area contributed by atoms with E-state index in [4.69, 9.17) is 4.74 Å². The number of rotatable bonds is 8. The van der Waals surface area contributed by atoms with Gasteiger partial charge in [-0.1, -0.05) is 24.3 Å². The molecule has 3 aromatic rings. The molecule has 7 nitrogen and oxygen atoms in total. The Kier molecular flexibility index (Phi) is 9.26. The standard InChI is InChI=1S/C20H24N6O.HI/c1-21-20(23-10-5-13-27-18-6-3-2-4-7-18)25-15-17-8-9-19(24-14-17)26-12-11-22-16-26;/h2-4,6-9,11-12,14,16H,5,10,13,15H2,1H3,(H2,21,23,25);1H. The van der Waals surface area contributed by atoms with E-state index in [0.717, 1.165) is 36.1 Å². The van der Waals surface area contributed by atoms with Gasteiger partial charge in [0.05, 0.1) is 6.61 Å². The lowest BCUT2D eigenvalue weighted by molar-refractivity contribution is 0.311. The van der Waals surface area contributed by atoms with E-state index in [9.17, 15) is 0 Å². The van der Waals surface area contributed by atoms with Crippen LogP contribution >= 0.6 is 24.0 Å². The topological polar surface area (TPSA) is 76.4 Å². The van der Waals surface area contributed by atoms with Gasteiger partial charge in [-0.05, 0) is 30.2 Å². The zero-order valence-electron chi connectivity index (χ0n) is 15.8. The van der Waals surface area contributed by atoms with Crippen LogP contribution in [-0.4, -0.2) is 40.7 Å². The molecular weight excluding hydrogens is 467 g/mol. The fourth-order valence-corrected chi connectivity index (χ4v) is 2.46. The largest absolute Gasteiger partial charge is 0.494 e. The van der Waals surface area contributed by atoms with Crippen molar-refractivity contribution in [1.29, 1.82) is 0 Å². The van der Waals surface area contributed by atoms with E-state index < -0.39 is 0 Å². The summed E-state index contributed by atoms with van der Waals surface area (Å²) in [6, 6.07) is 13.8. The van der Waals surface area contributed by atoms with Gasteiger partial charge < -0.3 is 15.4 Å². The summed E-state index contributed by atoms with van der Waals surface area (Å²) in [6.45, 7) is 2.09. The number of aromatic nitrogens is 3. The molecule has 1 aromatic carbocycles. The molecule has 148 valence electrons. The molecule has 28 heavy (non-hydrogen) atoms. The lowest BCUT2D eigenvalue weighted by Gasteiger charge is -2.12. The zero-order valence-corrected chi connectivity index (χ0v) is 18.1. The Hall–Kier alpha value is -2.62. The van der Waals surface area contributed by atoms with Crippen molar-refractivity contribution >= 4 is 29.9 Å². The highest BCUT2D eigenvalue weighted by Gasteiger charge is 2.01. The summed E-state index contributed by atoms with van der Waals surface area (Å²) in [7, 11) is 1.76. The van der Waals surface area contributed by atoms with Crippen LogP contribution in [0.1, 0.15) is 12.0 Å². The number of benzene rings is 1. The molecule has 0 aliphatic carbocycles. The average molecular weight is 492 g/mol. The minimum Gasteiger partial charge on any atom is -0.494 e. The summed E-state index contributed by atoms with van der Waals surface area (Å²) in [5.74, 6) is 2.50. The minimum atomic E-state index is 0. The van der Waals surface area contributed by atoms with Gasteiger partial charge in [-0.25, -0.2) is 9.97 Å². The Balaban J connectivity index is 0.00000280. The van der Waals surface area contributed by atoms with Crippen LogP contribution in [-0.2, 0) is 6.54 Å². The molecule has 0 fully saturated rings. The number of imidazole rings is 1. The summed E-state index contributed by atoms with van der Waals surface area (Å²) >= 11 is 0. The van der Waals surface area contributed by atoms with Crippen LogP contribution in [0, 0.1) is 0 Å². The van der Waals surface area contributed by atoms with Gasteiger partial charge in [0.15, 0.2) is 5.96 Å². The molecule has 0 saturated carbocycles. The number of para-hydroxylation sites is 1. The number of nitrogens with zero attached hydrogens (tertiary/aromatic N) is 4. The van der Waals surface area contributed by atoms with E-state index in [1.165, 1.54) is 0 Å². The van der Waals surface area contributed by atoms with Crippen molar-refractivity contribution in [3.8, 4) is 11.6 Å². The minimum absolute atomic E-state index is 0. The van der Waals surface area contributed by atoms with Crippen LogP contribution < -0.4 is 15.4 Å². The molecule has 0 unspecified atom stereocenters. The number of ether oxygens (including phenoxy) is 1. The first-order valence-corrected chi connectivity index (χ1v) is 8.91. The Morgan fingerprint density at radius 2 is 2.00 bits per heavy atom. The summed E-state index contributed by atoms with van der Waals surface area (Å²) in [6.07, 6.45) is 8.07. The molecule has 0 atom stereocenters. The van der Waals surface area contributed by atoms with Gasteiger partial charge in [-0.2, -0.15) is 0 Å². The third-order valence-electron chi connectivity index (χ3n) is 3.89. The molecular formula is C20H25IN6O. The first-order chi connectivity index (χ1) is 13.3. The van der Waals surface area contributed by atoms with Gasteiger partial charge in [0.2, 0.25) is 0 Å². The highest BCUT2D eigenvalue weighted by Crippen LogP contribution is 2.08. The summed E-state index contributed by atoms with van der Waals surface area (Å²) in [5, 5.41) is 6.57. The van der Waals surface area contributed by atoms with Gasteiger partial charge in [-0.3, -0.25) is 9.56 Å². The highest BCUT2D eigenvalue weighted by atomic mass is 127. The predicted molar refractivity (Wildman–Crippen MR) is 122 cm³/mol. The van der Waals surface area contributed by atoms with Crippen LogP contribution in [0.3, 0.4) is 0 Å². The van der Waals surface area contributed by atoms with E-state index >= 15 is 0 Å². The van der Waals surface area contributed by atoms with Crippen LogP contribution in [0.15, 0.2) is 72.4 Å². The van der Waals surface area contributed by atoms with Crippen LogP contribution in [0.4, 0.5) is 0 Å². The van der Waals surface area contributed by atoms with Crippen molar-refractivity contribution in [3.05, 3.63) is 72.9 Å². The van der Waals surface area contributed by atoms with Crippen molar-refractivity contribution < 1.29 is 4.74 Å². The number of hydrogen-bond acceptors (Lipinski definition) is 4. The maximum atomic E-state index is 5.68. The van der Waals surface area contributed by atoms with Crippen molar-refractivity contribution in [1.82, 2.24) is 25.2 Å². The monoisotopic (exact) mass is 492 g/mol. The van der Waals surface area contributed by atoms with Gasteiger partial charge in [0.25, 0.3) is 0 Å². The third-order valence-corrected chi connectivity index (χ3v) is 3.89. The normalized spacial score (nSPS) is 10.8. The molecule has 8 heteroatoms. The first-order valence-electron chi connectivity index (χ1n) is 8.91. The SMILES string of the molecule is CN=C(NCCCOc1ccccc1)NCc1ccc(-n2ccnc2)nc1.I. The summed E-state index contributed by atoms with van der Waals surface area (Å²) in [4.78, 5) is 12.7. The lowest BCUT2D eigenvalue weighted by atomic mass is 10.3. The van der Waals surface area contributed by atoms with E-state index in [1.807, 2.05) is 59.4 Å². The number of halogens is 1. The molecule has 0 saturated heterocycles. The average Bonchev–Trinajstić information content (AvgIpc) is 3.26. The molecule has 0 amide bonds. The molecule has 0 aliphatic rings. The lowest BCUT2D eigenvalue weighted by Crippen LogP contribution is -2.37. The maximum Gasteiger partial charge on any atom is 0.191 e. The quantitative estimate of drug-likeness (QED) is 0.219. The molecule has 2 aromatic heterocycles. The number of aliphatic imine (C=N–C) groups is 1. The molecule has 2 N–H and O–H groups in total. The number of nitrogens with one attached hydrogen (secondary N) is 2. The molecule has 0 bridgehead atoms. The van der Waals surface area contributed by atoms with Gasteiger partial charge in [-0.15, -0.1) is 24.0 Å². The van der Waals surface area contributed by atoms with Gasteiger partial charge in [0.1, 0.15) is 17.9 Å².